The molecular formula is C27H29N3O4. The average Bonchev–Trinajstić information content (AvgIpc) is 3.24. The summed E-state index contributed by atoms with van der Waals surface area (Å²) < 4.78 is 6.90. The maximum atomic E-state index is 13.5. The molecule has 1 N–H and O–H groups in total. The van der Waals surface area contributed by atoms with Gasteiger partial charge in [-0.2, -0.15) is 0 Å². The maximum Gasteiger partial charge on any atom is 0.343 e. The highest BCUT2D eigenvalue weighted by Gasteiger charge is 2.45. The Bertz CT molecular complexity index is 1400. The first-order valence-corrected chi connectivity index (χ1v) is 12.3. The van der Waals surface area contributed by atoms with E-state index in [-0.39, 0.29) is 18.6 Å². The molecule has 3 aromatic rings. The highest BCUT2D eigenvalue weighted by Crippen LogP contribution is 2.40. The van der Waals surface area contributed by atoms with Gasteiger partial charge < -0.3 is 19.3 Å². The average molecular weight is 460 g/mol. The zero-order valence-electron chi connectivity index (χ0n) is 19.7. The Labute approximate surface area is 198 Å². The van der Waals surface area contributed by atoms with Crippen molar-refractivity contribution in [1.82, 2.24) is 9.55 Å². The zero-order valence-corrected chi connectivity index (χ0v) is 19.7. The van der Waals surface area contributed by atoms with E-state index in [9.17, 15) is 14.7 Å². The number of aliphatic hydroxyl groups is 1. The molecule has 34 heavy (non-hydrogen) atoms. The van der Waals surface area contributed by atoms with Gasteiger partial charge in [0, 0.05) is 35.3 Å². The largest absolute Gasteiger partial charge is 0.458 e. The number of nitrogens with zero attached hydrogens (tertiary/aromatic N) is 3. The normalized spacial score (nSPS) is 21.3. The molecule has 0 amide bonds. The topological polar surface area (TPSA) is 84.7 Å². The number of ether oxygens (including phenoxy) is 1. The summed E-state index contributed by atoms with van der Waals surface area (Å²) in [5.74, 6) is -0.698. The van der Waals surface area contributed by atoms with Crippen LogP contribution in [0.3, 0.4) is 0 Å². The van der Waals surface area contributed by atoms with Crippen molar-refractivity contribution >= 4 is 22.6 Å². The molecule has 0 aliphatic carbocycles. The molecule has 2 aromatic heterocycles. The third-order valence-corrected chi connectivity index (χ3v) is 7.86. The highest BCUT2D eigenvalue weighted by atomic mass is 16.6. The van der Waals surface area contributed by atoms with Crippen LogP contribution in [0.1, 0.15) is 61.8 Å². The van der Waals surface area contributed by atoms with Crippen LogP contribution in [0.25, 0.3) is 22.3 Å². The van der Waals surface area contributed by atoms with Crippen LogP contribution < -0.4 is 10.5 Å². The number of fused-ring (bicyclic) bond motifs is 5. The van der Waals surface area contributed by atoms with Gasteiger partial charge in [-0.1, -0.05) is 13.8 Å². The molecular weight excluding hydrogens is 430 g/mol. The smallest absolute Gasteiger partial charge is 0.343 e. The predicted molar refractivity (Wildman–Crippen MR) is 130 cm³/mol. The van der Waals surface area contributed by atoms with E-state index in [1.54, 1.807) is 17.6 Å². The molecule has 7 nitrogen and oxygen atoms in total. The number of rotatable bonds is 3. The van der Waals surface area contributed by atoms with E-state index in [4.69, 9.17) is 9.72 Å². The third-order valence-electron chi connectivity index (χ3n) is 7.86. The van der Waals surface area contributed by atoms with Gasteiger partial charge >= 0.3 is 5.97 Å². The van der Waals surface area contributed by atoms with Gasteiger partial charge in [0.2, 0.25) is 0 Å². The molecule has 0 unspecified atom stereocenters. The number of anilines is 1. The number of carbonyl (C=O) groups excluding carboxylic acids is 1. The summed E-state index contributed by atoms with van der Waals surface area (Å²) in [5.41, 5.74) is 4.52. The van der Waals surface area contributed by atoms with Crippen molar-refractivity contribution < 1.29 is 14.6 Å². The lowest BCUT2D eigenvalue weighted by molar-refractivity contribution is -0.172. The monoisotopic (exact) mass is 459 g/mol. The van der Waals surface area contributed by atoms with Gasteiger partial charge in [0.1, 0.15) is 6.61 Å². The standard InChI is InChI=1S/C27H29N3O4/c1-3-17-18-12-16(29-10-6-5-7-11-29)8-9-22(18)28-24-19(17)14-30-23(24)13-21-20(25(30)31)15-34-26(32)27(21,33)4-2/h8-9,12-13,33H,3-7,10-11,14-15H2,1-2H3/t27-/m0/s1. The number of cyclic esters (lactones) is 1. The van der Waals surface area contributed by atoms with Crippen LogP contribution in [0.4, 0.5) is 5.69 Å². The highest BCUT2D eigenvalue weighted by molar-refractivity contribution is 5.91. The van der Waals surface area contributed by atoms with E-state index < -0.39 is 11.6 Å². The van der Waals surface area contributed by atoms with Crippen LogP contribution >= 0.6 is 0 Å². The van der Waals surface area contributed by atoms with Crippen molar-refractivity contribution in [2.75, 3.05) is 18.0 Å². The van der Waals surface area contributed by atoms with Crippen molar-refractivity contribution in [3.8, 4) is 11.4 Å². The van der Waals surface area contributed by atoms with Gasteiger partial charge in [0.25, 0.3) is 5.56 Å². The molecule has 0 bridgehead atoms. The van der Waals surface area contributed by atoms with Gasteiger partial charge in [-0.05, 0) is 61.9 Å². The quantitative estimate of drug-likeness (QED) is 0.471. The number of aryl methyl sites for hydroxylation is 1. The lowest BCUT2D eigenvalue weighted by atomic mass is 9.86. The summed E-state index contributed by atoms with van der Waals surface area (Å²) in [6.45, 7) is 6.35. The van der Waals surface area contributed by atoms with Crippen molar-refractivity contribution in [3.63, 3.8) is 0 Å². The van der Waals surface area contributed by atoms with Crippen LogP contribution in [0.15, 0.2) is 29.1 Å². The van der Waals surface area contributed by atoms with Crippen LogP contribution in [-0.2, 0) is 34.7 Å². The van der Waals surface area contributed by atoms with Crippen molar-refractivity contribution in [2.45, 2.75) is 64.7 Å². The van der Waals surface area contributed by atoms with Gasteiger partial charge in [0.05, 0.1) is 29.0 Å². The number of hydrogen-bond donors (Lipinski definition) is 1. The number of hydrogen-bond acceptors (Lipinski definition) is 6. The summed E-state index contributed by atoms with van der Waals surface area (Å²) in [5, 5.41) is 12.2. The number of benzene rings is 1. The first kappa shape index (κ1) is 21.4. The second-order valence-corrected chi connectivity index (χ2v) is 9.62. The Kier molecular flexibility index (Phi) is 4.81. The maximum absolute atomic E-state index is 13.5. The Morgan fingerprint density at radius 3 is 2.62 bits per heavy atom. The minimum atomic E-state index is -1.81. The van der Waals surface area contributed by atoms with Crippen LogP contribution in [0.2, 0.25) is 0 Å². The molecule has 176 valence electrons. The van der Waals surface area contributed by atoms with E-state index in [1.807, 2.05) is 0 Å². The van der Waals surface area contributed by atoms with E-state index in [2.05, 4.69) is 30.0 Å². The summed E-state index contributed by atoms with van der Waals surface area (Å²) in [4.78, 5) is 33.3. The number of pyridine rings is 2. The molecule has 3 aliphatic rings. The van der Waals surface area contributed by atoms with Crippen LogP contribution in [0, 0.1) is 0 Å². The Morgan fingerprint density at radius 1 is 1.09 bits per heavy atom. The molecule has 5 heterocycles. The van der Waals surface area contributed by atoms with Gasteiger partial charge in [-0.25, -0.2) is 9.78 Å². The molecule has 6 rings (SSSR count). The summed E-state index contributed by atoms with van der Waals surface area (Å²) in [6, 6.07) is 8.27. The fourth-order valence-electron chi connectivity index (χ4n) is 5.90. The number of esters is 1. The first-order valence-electron chi connectivity index (χ1n) is 12.3. The second-order valence-electron chi connectivity index (χ2n) is 9.62. The minimum absolute atomic E-state index is 0.110. The SMILES string of the molecule is CCc1c2c(nc3ccc(N4CCCCC4)cc13)-c1cc3c(c(=O)n1C2)COC(=O)[C@]3(O)CC. The first-order chi connectivity index (χ1) is 16.5. The van der Waals surface area contributed by atoms with Gasteiger partial charge in [0.15, 0.2) is 5.60 Å². The fraction of sp³-hybridized carbons (Fsp3) is 0.444. The minimum Gasteiger partial charge on any atom is -0.458 e. The predicted octanol–water partition coefficient (Wildman–Crippen LogP) is 3.63. The lowest BCUT2D eigenvalue weighted by Crippen LogP contribution is -2.44. The molecule has 3 aliphatic heterocycles. The molecule has 1 fully saturated rings. The second kappa shape index (κ2) is 7.67. The molecule has 0 radical (unpaired) electrons. The lowest BCUT2D eigenvalue weighted by Gasteiger charge is -2.31. The van der Waals surface area contributed by atoms with Crippen LogP contribution in [-0.4, -0.2) is 33.7 Å². The molecule has 0 saturated carbocycles. The molecule has 1 atom stereocenters. The molecule has 1 aromatic carbocycles. The summed E-state index contributed by atoms with van der Waals surface area (Å²) >= 11 is 0. The summed E-state index contributed by atoms with van der Waals surface area (Å²) in [7, 11) is 0. The van der Waals surface area contributed by atoms with E-state index in [0.29, 0.717) is 23.4 Å². The molecule has 0 spiro atoms. The van der Waals surface area contributed by atoms with Crippen molar-refractivity contribution in [2.24, 2.45) is 0 Å². The van der Waals surface area contributed by atoms with Crippen molar-refractivity contribution in [1.29, 1.82) is 0 Å². The van der Waals surface area contributed by atoms with E-state index in [0.717, 1.165) is 41.7 Å². The number of aromatic nitrogens is 2. The Hall–Kier alpha value is -3.19. The van der Waals surface area contributed by atoms with Gasteiger partial charge in [-0.15, -0.1) is 0 Å². The van der Waals surface area contributed by atoms with E-state index in [1.165, 1.54) is 30.5 Å². The Morgan fingerprint density at radius 2 is 1.88 bits per heavy atom. The van der Waals surface area contributed by atoms with Gasteiger partial charge in [-0.3, -0.25) is 4.79 Å². The van der Waals surface area contributed by atoms with E-state index >= 15 is 0 Å². The zero-order chi connectivity index (χ0) is 23.6. The summed E-state index contributed by atoms with van der Waals surface area (Å²) in [6.07, 6.45) is 4.70. The molecule has 7 heteroatoms. The number of piperidine rings is 1. The Balaban J connectivity index is 1.55. The fourth-order valence-corrected chi connectivity index (χ4v) is 5.90. The van der Waals surface area contributed by atoms with Crippen molar-refractivity contribution in [3.05, 3.63) is 56.9 Å². The number of carbonyl (C=O) groups is 1. The van der Waals surface area contributed by atoms with Crippen LogP contribution in [0.5, 0.6) is 0 Å². The molecule has 1 saturated heterocycles. The third kappa shape index (κ3) is 2.89.